The van der Waals surface area contributed by atoms with E-state index in [4.69, 9.17) is 8.83 Å². The van der Waals surface area contributed by atoms with Crippen LogP contribution in [-0.2, 0) is 11.3 Å². The van der Waals surface area contributed by atoms with Gasteiger partial charge in [0, 0.05) is 5.69 Å². The molecule has 0 bridgehead atoms. The molecule has 0 saturated carbocycles. The molecule has 30 heavy (non-hydrogen) atoms. The second kappa shape index (κ2) is 9.14. The highest BCUT2D eigenvalue weighted by Crippen LogP contribution is 2.27. The number of carbonyl (C=O) groups excluding carboxylic acids is 2. The molecule has 0 aliphatic rings. The van der Waals surface area contributed by atoms with Gasteiger partial charge >= 0.3 is 6.03 Å². The van der Waals surface area contributed by atoms with Gasteiger partial charge in [-0.1, -0.05) is 30.0 Å². The minimum absolute atomic E-state index is 0.0166. The first-order chi connectivity index (χ1) is 14.7. The third-order valence-corrected chi connectivity index (χ3v) is 4.91. The van der Waals surface area contributed by atoms with Gasteiger partial charge in [-0.2, -0.15) is 0 Å². The lowest BCUT2D eigenvalue weighted by Crippen LogP contribution is -2.39. The van der Waals surface area contributed by atoms with Gasteiger partial charge in [-0.05, 0) is 36.4 Å². The number of rotatable bonds is 7. The summed E-state index contributed by atoms with van der Waals surface area (Å²) in [6.45, 7) is 0.189. The van der Waals surface area contributed by atoms with E-state index in [1.165, 1.54) is 6.26 Å². The van der Waals surface area contributed by atoms with Crippen molar-refractivity contribution in [1.82, 2.24) is 25.4 Å². The fourth-order valence-electron chi connectivity index (χ4n) is 2.66. The van der Waals surface area contributed by atoms with Gasteiger partial charge in [0.25, 0.3) is 0 Å². The number of hydrogen-bond acceptors (Lipinski definition) is 7. The molecule has 3 amide bonds. The molecule has 0 unspecified atom stereocenters. The maximum Gasteiger partial charge on any atom is 0.321 e. The molecule has 0 saturated heterocycles. The van der Waals surface area contributed by atoms with E-state index in [9.17, 15) is 9.59 Å². The molecule has 0 radical (unpaired) electrons. The van der Waals surface area contributed by atoms with E-state index in [0.29, 0.717) is 22.5 Å². The van der Waals surface area contributed by atoms with Crippen molar-refractivity contribution in [2.75, 3.05) is 5.75 Å². The zero-order valence-corrected chi connectivity index (χ0v) is 16.5. The van der Waals surface area contributed by atoms with E-state index >= 15 is 0 Å². The van der Waals surface area contributed by atoms with Crippen molar-refractivity contribution < 1.29 is 18.4 Å². The second-order valence-electron chi connectivity index (χ2n) is 6.05. The predicted octanol–water partition coefficient (Wildman–Crippen LogP) is 3.24. The number of carbonyl (C=O) groups is 2. The molecule has 3 heterocycles. The third-order valence-electron chi connectivity index (χ3n) is 3.98. The SMILES string of the molecule is O=C(CSc1nnc(-c2ccco2)n1-c1ccccc1)NC(=O)NCc1ccco1. The predicted molar refractivity (Wildman–Crippen MR) is 109 cm³/mol. The summed E-state index contributed by atoms with van der Waals surface area (Å²) in [5, 5.41) is 13.7. The quantitative estimate of drug-likeness (QED) is 0.439. The molecule has 0 aliphatic carbocycles. The molecule has 3 aromatic heterocycles. The summed E-state index contributed by atoms with van der Waals surface area (Å²) in [5.74, 6) is 1.19. The van der Waals surface area contributed by atoms with E-state index < -0.39 is 11.9 Å². The fourth-order valence-corrected chi connectivity index (χ4v) is 3.41. The van der Waals surface area contributed by atoms with E-state index in [1.807, 2.05) is 30.3 Å². The smallest absolute Gasteiger partial charge is 0.321 e. The van der Waals surface area contributed by atoms with Gasteiger partial charge in [0.15, 0.2) is 10.9 Å². The number of nitrogens with one attached hydrogen (secondary N) is 2. The Morgan fingerprint density at radius 3 is 2.50 bits per heavy atom. The van der Waals surface area contributed by atoms with E-state index in [-0.39, 0.29) is 12.3 Å². The molecule has 2 N–H and O–H groups in total. The molecular weight excluding hydrogens is 406 g/mol. The van der Waals surface area contributed by atoms with Crippen LogP contribution in [-0.4, -0.2) is 32.5 Å². The zero-order valence-electron chi connectivity index (χ0n) is 15.6. The molecule has 152 valence electrons. The van der Waals surface area contributed by atoms with Crippen molar-refractivity contribution in [3.63, 3.8) is 0 Å². The monoisotopic (exact) mass is 423 g/mol. The van der Waals surface area contributed by atoms with Crippen LogP contribution < -0.4 is 10.6 Å². The second-order valence-corrected chi connectivity index (χ2v) is 7.00. The minimum Gasteiger partial charge on any atom is -0.467 e. The maximum absolute atomic E-state index is 12.2. The molecule has 4 rings (SSSR count). The Kier molecular flexibility index (Phi) is 5.95. The first-order valence-corrected chi connectivity index (χ1v) is 9.97. The van der Waals surface area contributed by atoms with Crippen LogP contribution in [0, 0.1) is 0 Å². The molecule has 0 atom stereocenters. The molecule has 4 aromatic rings. The van der Waals surface area contributed by atoms with E-state index in [1.54, 1.807) is 35.1 Å². The fraction of sp³-hybridized carbons (Fsp3) is 0.100. The summed E-state index contributed by atoms with van der Waals surface area (Å²) in [6.07, 6.45) is 3.07. The number of benzene rings is 1. The molecule has 10 heteroatoms. The number of aromatic nitrogens is 3. The van der Waals surface area contributed by atoms with Crippen LogP contribution in [0.4, 0.5) is 4.79 Å². The van der Waals surface area contributed by atoms with Crippen molar-refractivity contribution in [3.8, 4) is 17.3 Å². The first kappa shape index (κ1) is 19.5. The van der Waals surface area contributed by atoms with Crippen molar-refractivity contribution in [1.29, 1.82) is 0 Å². The van der Waals surface area contributed by atoms with Crippen LogP contribution >= 0.6 is 11.8 Å². The molecule has 0 spiro atoms. The van der Waals surface area contributed by atoms with Gasteiger partial charge in [-0.15, -0.1) is 10.2 Å². The molecular formula is C20H17N5O4S. The van der Waals surface area contributed by atoms with Crippen LogP contribution in [0.2, 0.25) is 0 Å². The Balaban J connectivity index is 1.42. The third kappa shape index (κ3) is 4.61. The van der Waals surface area contributed by atoms with Crippen LogP contribution in [0.15, 0.2) is 81.1 Å². The Bertz CT molecular complexity index is 1110. The number of thioether (sulfide) groups is 1. The number of para-hydroxylation sites is 1. The minimum atomic E-state index is -0.599. The van der Waals surface area contributed by atoms with E-state index in [0.717, 1.165) is 17.4 Å². The number of nitrogens with zero attached hydrogens (tertiary/aromatic N) is 3. The molecule has 9 nitrogen and oxygen atoms in total. The lowest BCUT2D eigenvalue weighted by Gasteiger charge is -2.09. The summed E-state index contributed by atoms with van der Waals surface area (Å²) in [5.41, 5.74) is 0.827. The standard InChI is InChI=1S/C20H17N5O4S/c26-17(22-19(27)21-12-15-8-4-10-28-15)13-30-20-24-23-18(16-9-5-11-29-16)25(20)14-6-2-1-3-7-14/h1-11H,12-13H2,(H2,21,22,26,27). The zero-order chi connectivity index (χ0) is 20.8. The highest BCUT2D eigenvalue weighted by Gasteiger charge is 2.19. The first-order valence-electron chi connectivity index (χ1n) is 8.98. The number of hydrogen-bond donors (Lipinski definition) is 2. The van der Waals surface area contributed by atoms with Gasteiger partial charge in [0.2, 0.25) is 11.7 Å². The lowest BCUT2D eigenvalue weighted by molar-refractivity contribution is -0.117. The van der Waals surface area contributed by atoms with Crippen LogP contribution in [0.25, 0.3) is 17.3 Å². The van der Waals surface area contributed by atoms with Gasteiger partial charge in [0.1, 0.15) is 5.76 Å². The lowest BCUT2D eigenvalue weighted by atomic mass is 10.3. The van der Waals surface area contributed by atoms with Crippen molar-refractivity contribution >= 4 is 23.7 Å². The average Bonchev–Trinajstić information content (AvgIpc) is 3.53. The molecule has 0 aliphatic heterocycles. The van der Waals surface area contributed by atoms with E-state index in [2.05, 4.69) is 20.8 Å². The van der Waals surface area contributed by atoms with Gasteiger partial charge in [-0.25, -0.2) is 4.79 Å². The maximum atomic E-state index is 12.2. The summed E-state index contributed by atoms with van der Waals surface area (Å²) in [4.78, 5) is 24.0. The largest absolute Gasteiger partial charge is 0.467 e. The van der Waals surface area contributed by atoms with Gasteiger partial charge in [-0.3, -0.25) is 14.7 Å². The summed E-state index contributed by atoms with van der Waals surface area (Å²) in [6, 6.07) is 15.9. The number of amides is 3. The van der Waals surface area contributed by atoms with Crippen molar-refractivity contribution in [2.24, 2.45) is 0 Å². The summed E-state index contributed by atoms with van der Waals surface area (Å²) >= 11 is 1.16. The number of urea groups is 1. The highest BCUT2D eigenvalue weighted by atomic mass is 32.2. The Hall–Kier alpha value is -3.79. The summed E-state index contributed by atoms with van der Waals surface area (Å²) < 4.78 is 12.4. The number of imide groups is 1. The highest BCUT2D eigenvalue weighted by molar-refractivity contribution is 7.99. The normalized spacial score (nSPS) is 10.7. The Morgan fingerprint density at radius 2 is 1.77 bits per heavy atom. The Labute approximate surface area is 175 Å². The van der Waals surface area contributed by atoms with Gasteiger partial charge < -0.3 is 14.2 Å². The Morgan fingerprint density at radius 1 is 0.967 bits per heavy atom. The summed E-state index contributed by atoms with van der Waals surface area (Å²) in [7, 11) is 0. The topological polar surface area (TPSA) is 115 Å². The molecule has 0 fully saturated rings. The molecule has 1 aromatic carbocycles. The average molecular weight is 423 g/mol. The van der Waals surface area contributed by atoms with Crippen molar-refractivity contribution in [2.45, 2.75) is 11.7 Å². The van der Waals surface area contributed by atoms with Crippen molar-refractivity contribution in [3.05, 3.63) is 72.9 Å². The van der Waals surface area contributed by atoms with Gasteiger partial charge in [0.05, 0.1) is 24.8 Å². The van der Waals surface area contributed by atoms with Crippen LogP contribution in [0.1, 0.15) is 5.76 Å². The van der Waals surface area contributed by atoms with Crippen LogP contribution in [0.3, 0.4) is 0 Å². The van der Waals surface area contributed by atoms with Crippen LogP contribution in [0.5, 0.6) is 0 Å². The number of furan rings is 2.